The van der Waals surface area contributed by atoms with E-state index in [1.54, 1.807) is 102 Å². The van der Waals surface area contributed by atoms with Gasteiger partial charge in [0.15, 0.2) is 0 Å². The number of methoxy groups -OCH3 is 1. The first-order valence-corrected chi connectivity index (χ1v) is 14.2. The fourth-order valence-corrected chi connectivity index (χ4v) is 3.44. The number of hydrogen-bond donors (Lipinski definition) is 0. The van der Waals surface area contributed by atoms with E-state index >= 15 is 0 Å². The van der Waals surface area contributed by atoms with Crippen LogP contribution in [0.2, 0.25) is 0 Å². The average molecular weight is 627 g/mol. The molecule has 46 heavy (non-hydrogen) atoms. The zero-order valence-electron chi connectivity index (χ0n) is 27.8. The number of hydrogen-bond acceptors (Lipinski definition) is 8. The summed E-state index contributed by atoms with van der Waals surface area (Å²) in [7, 11) is 1.57. The molecule has 0 saturated carbocycles. The number of esters is 3. The van der Waals surface area contributed by atoms with Crippen LogP contribution in [0.5, 0.6) is 23.0 Å². The van der Waals surface area contributed by atoms with Crippen molar-refractivity contribution in [2.45, 2.75) is 48.5 Å². The standard InChI is InChI=1S/C33H32O7.C4H8.CH2O/c1-8-21(5)32(35)39-29-19-28(24-12-16-26(17-13-24)38-31(34)20(3)4)30(40-33(36)22(6)9-2)18-27(29)23-10-14-25(37-7)15-11-23;1-4(2)3;1-2/h8-19H,3H2,1-2,4-7H3;1H2,2-3H3;1H2/b21-8+,22-9+;;. The normalized spacial score (nSPS) is 10.6. The third-order valence-corrected chi connectivity index (χ3v) is 6.12. The summed E-state index contributed by atoms with van der Waals surface area (Å²) in [6, 6.07) is 17.2. The Kier molecular flexibility index (Phi) is 15.9. The van der Waals surface area contributed by atoms with Crippen LogP contribution in [0.25, 0.3) is 22.3 Å². The summed E-state index contributed by atoms with van der Waals surface area (Å²) in [5, 5.41) is 0. The summed E-state index contributed by atoms with van der Waals surface area (Å²) in [5.41, 5.74) is 4.69. The molecular weight excluding hydrogens is 584 g/mol. The zero-order chi connectivity index (χ0) is 35.0. The minimum Gasteiger partial charge on any atom is -0.497 e. The molecule has 0 aliphatic carbocycles. The van der Waals surface area contributed by atoms with Crippen molar-refractivity contribution >= 4 is 24.7 Å². The monoisotopic (exact) mass is 626 g/mol. The molecular formula is C38H42O8. The first-order chi connectivity index (χ1) is 21.8. The van der Waals surface area contributed by atoms with Crippen LogP contribution >= 0.6 is 0 Å². The number of carbonyl (C=O) groups excluding carboxylic acids is 4. The maximum absolute atomic E-state index is 12.8. The first kappa shape index (κ1) is 38.5. The number of rotatable bonds is 9. The third kappa shape index (κ3) is 11.5. The molecule has 0 aromatic heterocycles. The summed E-state index contributed by atoms with van der Waals surface area (Å²) < 4.78 is 22.2. The Labute approximate surface area is 271 Å². The maximum Gasteiger partial charge on any atom is 0.338 e. The van der Waals surface area contributed by atoms with Crippen molar-refractivity contribution < 1.29 is 38.1 Å². The number of benzene rings is 3. The molecule has 0 fully saturated rings. The lowest BCUT2D eigenvalue weighted by Gasteiger charge is -2.17. The van der Waals surface area contributed by atoms with Gasteiger partial charge in [-0.05, 0) is 96.0 Å². The maximum atomic E-state index is 12.8. The van der Waals surface area contributed by atoms with Crippen molar-refractivity contribution in [3.63, 3.8) is 0 Å². The molecule has 0 aliphatic heterocycles. The molecule has 0 N–H and O–H groups in total. The Morgan fingerprint density at radius 1 is 0.587 bits per heavy atom. The van der Waals surface area contributed by atoms with E-state index in [-0.39, 0.29) is 17.1 Å². The number of allylic oxidation sites excluding steroid dienone is 3. The van der Waals surface area contributed by atoms with Crippen LogP contribution in [0.3, 0.4) is 0 Å². The van der Waals surface area contributed by atoms with E-state index < -0.39 is 17.9 Å². The van der Waals surface area contributed by atoms with Gasteiger partial charge in [0.25, 0.3) is 0 Å². The summed E-state index contributed by atoms with van der Waals surface area (Å²) in [6.07, 6.45) is 3.32. The molecule has 0 bridgehead atoms. The lowest BCUT2D eigenvalue weighted by Crippen LogP contribution is -2.12. The zero-order valence-corrected chi connectivity index (χ0v) is 27.8. The van der Waals surface area contributed by atoms with Crippen LogP contribution in [0.4, 0.5) is 0 Å². The summed E-state index contributed by atoms with van der Waals surface area (Å²) in [4.78, 5) is 45.6. The van der Waals surface area contributed by atoms with Gasteiger partial charge < -0.3 is 23.7 Å². The van der Waals surface area contributed by atoms with Crippen LogP contribution < -0.4 is 18.9 Å². The van der Waals surface area contributed by atoms with Gasteiger partial charge in [0.1, 0.15) is 29.8 Å². The Morgan fingerprint density at radius 3 is 1.24 bits per heavy atom. The van der Waals surface area contributed by atoms with Crippen molar-refractivity contribution in [2.75, 3.05) is 7.11 Å². The minimum atomic E-state index is -0.540. The largest absolute Gasteiger partial charge is 0.497 e. The molecule has 0 aliphatic rings. The lowest BCUT2D eigenvalue weighted by molar-refractivity contribution is -0.131. The van der Waals surface area contributed by atoms with Gasteiger partial charge in [0.05, 0.1) is 7.11 Å². The topological polar surface area (TPSA) is 105 Å². The summed E-state index contributed by atoms with van der Waals surface area (Å²) in [6.45, 7) is 21.5. The van der Waals surface area contributed by atoms with E-state index in [1.807, 2.05) is 32.8 Å². The molecule has 3 aromatic rings. The molecule has 0 amide bonds. The van der Waals surface area contributed by atoms with Gasteiger partial charge >= 0.3 is 17.9 Å². The summed E-state index contributed by atoms with van der Waals surface area (Å²) in [5.74, 6) is -0.0676. The molecule has 0 heterocycles. The smallest absolute Gasteiger partial charge is 0.338 e. The molecule has 0 radical (unpaired) electrons. The van der Waals surface area contributed by atoms with E-state index in [1.165, 1.54) is 5.57 Å². The van der Waals surface area contributed by atoms with Crippen LogP contribution in [-0.2, 0) is 19.2 Å². The fraction of sp³-hybridized carbons (Fsp3) is 0.211. The molecule has 3 rings (SSSR count). The van der Waals surface area contributed by atoms with Crippen molar-refractivity contribution in [1.82, 2.24) is 0 Å². The van der Waals surface area contributed by atoms with Crippen molar-refractivity contribution in [1.29, 1.82) is 0 Å². The van der Waals surface area contributed by atoms with E-state index in [2.05, 4.69) is 13.2 Å². The summed E-state index contributed by atoms with van der Waals surface area (Å²) >= 11 is 0. The van der Waals surface area contributed by atoms with Gasteiger partial charge in [0.2, 0.25) is 0 Å². The minimum absolute atomic E-state index is 0.256. The highest BCUT2D eigenvalue weighted by molar-refractivity contribution is 5.94. The van der Waals surface area contributed by atoms with Crippen LogP contribution in [0, 0.1) is 0 Å². The highest BCUT2D eigenvalue weighted by atomic mass is 16.5. The Balaban J connectivity index is 0.00000163. The average Bonchev–Trinajstić information content (AvgIpc) is 3.05. The molecule has 0 spiro atoms. The van der Waals surface area contributed by atoms with Crippen molar-refractivity contribution in [3.8, 4) is 45.3 Å². The molecule has 3 aromatic carbocycles. The molecule has 0 atom stereocenters. The Bertz CT molecular complexity index is 1600. The van der Waals surface area contributed by atoms with Crippen LogP contribution in [-0.4, -0.2) is 31.8 Å². The van der Waals surface area contributed by atoms with Crippen LogP contribution in [0.15, 0.2) is 108 Å². The second kappa shape index (κ2) is 19.0. The number of ether oxygens (including phenoxy) is 4. The molecule has 242 valence electrons. The van der Waals surface area contributed by atoms with Crippen LogP contribution in [0.1, 0.15) is 48.5 Å². The molecule has 0 saturated heterocycles. The lowest BCUT2D eigenvalue weighted by atomic mass is 9.97. The highest BCUT2D eigenvalue weighted by Crippen LogP contribution is 2.42. The fourth-order valence-electron chi connectivity index (χ4n) is 3.44. The third-order valence-electron chi connectivity index (χ3n) is 6.12. The predicted octanol–water partition coefficient (Wildman–Crippen LogP) is 8.65. The van der Waals surface area contributed by atoms with Gasteiger partial charge in [-0.15, -0.1) is 6.58 Å². The quantitative estimate of drug-likeness (QED) is 0.101. The van der Waals surface area contributed by atoms with E-state index in [0.717, 1.165) is 5.56 Å². The Hall–Kier alpha value is -5.50. The highest BCUT2D eigenvalue weighted by Gasteiger charge is 2.21. The SMILES string of the molecule is C=C(C)C.C=C(C)C(=O)Oc1ccc(-c2cc(OC(=O)/C(C)=C/C)c(-c3ccc(OC)cc3)cc2OC(=O)/C(C)=C/C)cc1.C=O. The van der Waals surface area contributed by atoms with Gasteiger partial charge in [-0.25, -0.2) is 14.4 Å². The van der Waals surface area contributed by atoms with Gasteiger partial charge in [-0.3, -0.25) is 0 Å². The van der Waals surface area contributed by atoms with Gasteiger partial charge in [-0.1, -0.05) is 48.6 Å². The molecule has 8 nitrogen and oxygen atoms in total. The van der Waals surface area contributed by atoms with Crippen molar-refractivity contribution in [3.05, 3.63) is 108 Å². The van der Waals surface area contributed by atoms with Gasteiger partial charge in [-0.2, -0.15) is 0 Å². The Morgan fingerprint density at radius 2 is 0.935 bits per heavy atom. The van der Waals surface area contributed by atoms with E-state index in [0.29, 0.717) is 39.3 Å². The van der Waals surface area contributed by atoms with Gasteiger partial charge in [0, 0.05) is 27.8 Å². The number of carbonyl (C=O) groups is 4. The second-order valence-electron chi connectivity index (χ2n) is 10.2. The van der Waals surface area contributed by atoms with E-state index in [4.69, 9.17) is 23.7 Å². The van der Waals surface area contributed by atoms with Crippen molar-refractivity contribution in [2.24, 2.45) is 0 Å². The predicted molar refractivity (Wildman–Crippen MR) is 182 cm³/mol. The molecule has 0 unspecified atom stereocenters. The second-order valence-corrected chi connectivity index (χ2v) is 10.2. The molecule has 8 heteroatoms. The first-order valence-electron chi connectivity index (χ1n) is 14.2. The van der Waals surface area contributed by atoms with E-state index in [9.17, 15) is 14.4 Å².